The fraction of sp³-hybridized carbons (Fsp3) is 0.500. The Bertz CT molecular complexity index is 2570. The van der Waals surface area contributed by atoms with Crippen LogP contribution in [-0.4, -0.2) is 154 Å². The van der Waals surface area contributed by atoms with Gasteiger partial charge in [0.05, 0.1) is 18.7 Å². The Labute approximate surface area is 476 Å². The molecule has 0 aliphatic carbocycles. The molecule has 0 heterocycles. The van der Waals surface area contributed by atoms with Crippen molar-refractivity contribution in [1.29, 1.82) is 0 Å². The predicted molar refractivity (Wildman–Crippen MR) is 301 cm³/mol. The number of benzene rings is 3. The number of hydrogen-bond donors (Lipinski definition) is 16. The quantitative estimate of drug-likeness (QED) is 0.0278. The van der Waals surface area contributed by atoms with E-state index < -0.39 is 126 Å². The van der Waals surface area contributed by atoms with Crippen LogP contribution in [0.15, 0.2) is 78.9 Å². The molecule has 10 atom stereocenters. The maximum absolute atomic E-state index is 14.1. The molecule has 3 aromatic carbocycles. The molecule has 0 unspecified atom stereocenters. The number of primary amides is 1. The molecule has 0 radical (unpaired) electrons. The summed E-state index contributed by atoms with van der Waals surface area (Å²) in [6.07, 6.45) is -0.408. The van der Waals surface area contributed by atoms with Crippen LogP contribution in [0.5, 0.6) is 11.5 Å². The molecule has 26 heteroatoms. The zero-order valence-corrected chi connectivity index (χ0v) is 46.6. The van der Waals surface area contributed by atoms with Gasteiger partial charge in [-0.3, -0.25) is 43.2 Å². The second-order valence-electron chi connectivity index (χ2n) is 20.1. The highest BCUT2D eigenvalue weighted by Crippen LogP contribution is 2.15. The number of aromatic hydroxyl groups is 2. The van der Waals surface area contributed by atoms with Gasteiger partial charge >= 0.3 is 5.97 Å². The number of phenolic OH excluding ortho intramolecular Hbond substituents is 2. The average molecular weight is 1150 g/mol. The van der Waals surface area contributed by atoms with Crippen molar-refractivity contribution in [3.8, 4) is 11.5 Å². The summed E-state index contributed by atoms with van der Waals surface area (Å²) in [6.45, 7) is 4.36. The number of rotatable bonds is 37. The molecule has 82 heavy (non-hydrogen) atoms. The first kappa shape index (κ1) is 68.1. The van der Waals surface area contributed by atoms with E-state index in [9.17, 15) is 68.4 Å². The lowest BCUT2D eigenvalue weighted by molar-refractivity contribution is -0.142. The summed E-state index contributed by atoms with van der Waals surface area (Å²) in [6, 6.07) is 9.05. The zero-order valence-electron chi connectivity index (χ0n) is 46.6. The van der Waals surface area contributed by atoms with E-state index in [1.54, 1.807) is 56.3 Å². The summed E-state index contributed by atoms with van der Waals surface area (Å²) in [5.74, 6) is -9.70. The summed E-state index contributed by atoms with van der Waals surface area (Å²) in [5.41, 5.74) is 24.6. The molecule has 0 fully saturated rings. The lowest BCUT2D eigenvalue weighted by atomic mass is 9.97. The van der Waals surface area contributed by atoms with E-state index in [2.05, 4.69) is 42.5 Å². The molecule has 20 N–H and O–H groups in total. The second-order valence-corrected chi connectivity index (χ2v) is 20.1. The van der Waals surface area contributed by atoms with Gasteiger partial charge in [-0.1, -0.05) is 74.9 Å². The number of carbonyl (C=O) groups is 10. The Hall–Kier alpha value is -8.20. The molecule has 0 bridgehead atoms. The van der Waals surface area contributed by atoms with Gasteiger partial charge in [0.25, 0.3) is 0 Å². The Morgan fingerprint density at radius 1 is 0.500 bits per heavy atom. The molecule has 0 aromatic heterocycles. The second kappa shape index (κ2) is 35.5. The minimum Gasteiger partial charge on any atom is -0.508 e. The van der Waals surface area contributed by atoms with Crippen LogP contribution in [0.4, 0.5) is 0 Å². The first-order valence-electron chi connectivity index (χ1n) is 27.3. The highest BCUT2D eigenvalue weighted by molar-refractivity contribution is 5.98. The van der Waals surface area contributed by atoms with Crippen molar-refractivity contribution in [2.45, 2.75) is 152 Å². The summed E-state index contributed by atoms with van der Waals surface area (Å²) in [7, 11) is 0. The number of carboxylic acids is 1. The average Bonchev–Trinajstić information content (AvgIpc) is 3.44. The standard InChI is InChI=1S/C56H82N12O14/c1-4-32(2)47(55(80)64-41(15-9-11-27-58)50(75)63-40(14-8-10-26-57)51(76)66-44(56(81)82)30-36-18-22-38(71)23-19-36)67-46(73)31-61-54(79)48(33(3)69)68-53(78)43(29-34-12-6-5-7-13-34)65-52(77)42(24-25-45(60)72)62-49(74)39(59)28-35-16-20-37(70)21-17-35/h5-7,12-13,16-23,32-33,39-44,47-48,69-71H,4,8-11,14-15,24-31,57-59H2,1-3H3,(H2,60,72)(H,61,79)(H,62,74)(H,63,75)(H,64,80)(H,65,77)(H,66,76)(H,67,73)(H,68,78)(H,81,82)/t32-,33+,39-,40-,41-,42-,43-,44-,47-,48-/m0/s1. The molecular formula is C56H82N12O14. The van der Waals surface area contributed by atoms with E-state index in [-0.39, 0.29) is 69.5 Å². The Balaban J connectivity index is 1.77. The van der Waals surface area contributed by atoms with Gasteiger partial charge in [-0.25, -0.2) is 4.79 Å². The topological polar surface area (TPSA) is 452 Å². The van der Waals surface area contributed by atoms with Gasteiger partial charge in [0.2, 0.25) is 53.2 Å². The molecule has 450 valence electrons. The van der Waals surface area contributed by atoms with Gasteiger partial charge in [0.15, 0.2) is 0 Å². The van der Waals surface area contributed by atoms with Gasteiger partial charge in [0.1, 0.15) is 53.8 Å². The van der Waals surface area contributed by atoms with Crippen molar-refractivity contribution in [2.75, 3.05) is 19.6 Å². The number of carbonyl (C=O) groups excluding carboxylic acids is 9. The number of aliphatic hydroxyl groups is 1. The van der Waals surface area contributed by atoms with Crippen molar-refractivity contribution < 1.29 is 68.4 Å². The Morgan fingerprint density at radius 3 is 1.43 bits per heavy atom. The number of nitrogens with two attached hydrogens (primary N) is 4. The summed E-state index contributed by atoms with van der Waals surface area (Å²) < 4.78 is 0. The number of carboxylic acid groups (broad SMARTS) is 1. The molecular weight excluding hydrogens is 1060 g/mol. The van der Waals surface area contributed by atoms with Crippen molar-refractivity contribution in [1.82, 2.24) is 42.5 Å². The first-order chi connectivity index (χ1) is 39.0. The number of nitrogens with one attached hydrogen (secondary N) is 8. The van der Waals surface area contributed by atoms with E-state index in [0.717, 1.165) is 0 Å². The maximum Gasteiger partial charge on any atom is 0.326 e. The van der Waals surface area contributed by atoms with Crippen LogP contribution in [-0.2, 0) is 67.2 Å². The Morgan fingerprint density at radius 2 is 0.939 bits per heavy atom. The highest BCUT2D eigenvalue weighted by atomic mass is 16.4. The SMILES string of the molecule is CC[C@H](C)[C@H](NC(=O)CNC(=O)[C@@H](NC(=O)[C@H](Cc1ccccc1)NC(=O)[C@H](CCC(N)=O)NC(=O)[C@@H](N)Cc1ccc(O)cc1)[C@@H](C)O)C(=O)N[C@@H](CCCCN)C(=O)N[C@@H](CCCCN)C(=O)N[C@@H](Cc1ccc(O)cc1)C(=O)O. The molecule has 3 aromatic rings. The van der Waals surface area contributed by atoms with Crippen LogP contribution >= 0.6 is 0 Å². The number of amides is 9. The van der Waals surface area contributed by atoms with Crippen LogP contribution in [0, 0.1) is 5.92 Å². The van der Waals surface area contributed by atoms with Crippen molar-refractivity contribution >= 4 is 59.1 Å². The Kier molecular flexibility index (Phi) is 29.5. The minimum atomic E-state index is -1.73. The summed E-state index contributed by atoms with van der Waals surface area (Å²) >= 11 is 0. The largest absolute Gasteiger partial charge is 0.508 e. The molecule has 0 saturated heterocycles. The van der Waals surface area contributed by atoms with E-state index >= 15 is 0 Å². The molecule has 26 nitrogen and oxygen atoms in total. The molecule has 0 spiro atoms. The van der Waals surface area contributed by atoms with Gasteiger partial charge in [-0.2, -0.15) is 0 Å². The number of phenols is 2. The zero-order chi connectivity index (χ0) is 60.9. The van der Waals surface area contributed by atoms with Crippen LogP contribution in [0.3, 0.4) is 0 Å². The summed E-state index contributed by atoms with van der Waals surface area (Å²) in [4.78, 5) is 135. The van der Waals surface area contributed by atoms with Gasteiger partial charge < -0.3 is 85.9 Å². The highest BCUT2D eigenvalue weighted by Gasteiger charge is 2.35. The van der Waals surface area contributed by atoms with Gasteiger partial charge in [0, 0.05) is 19.3 Å². The van der Waals surface area contributed by atoms with E-state index in [4.69, 9.17) is 22.9 Å². The van der Waals surface area contributed by atoms with Gasteiger partial charge in [-0.05, 0) is 118 Å². The fourth-order valence-corrected chi connectivity index (χ4v) is 8.40. The molecule has 3 rings (SSSR count). The minimum absolute atomic E-state index is 0.00239. The predicted octanol–water partition coefficient (Wildman–Crippen LogP) is -2.00. The number of aliphatic carboxylic acids is 1. The maximum atomic E-state index is 14.1. The van der Waals surface area contributed by atoms with Gasteiger partial charge in [-0.15, -0.1) is 0 Å². The normalized spacial score (nSPS) is 14.7. The molecule has 9 amide bonds. The molecule has 0 aliphatic rings. The monoisotopic (exact) mass is 1150 g/mol. The fourth-order valence-electron chi connectivity index (χ4n) is 8.40. The van der Waals surface area contributed by atoms with Crippen molar-refractivity contribution in [3.63, 3.8) is 0 Å². The van der Waals surface area contributed by atoms with Crippen molar-refractivity contribution in [2.24, 2.45) is 28.9 Å². The third-order valence-electron chi connectivity index (χ3n) is 13.4. The number of aliphatic hydroxyl groups excluding tert-OH is 1. The van der Waals surface area contributed by atoms with E-state index in [0.29, 0.717) is 48.8 Å². The number of hydrogen-bond acceptors (Lipinski definition) is 16. The third-order valence-corrected chi connectivity index (χ3v) is 13.4. The smallest absolute Gasteiger partial charge is 0.326 e. The number of unbranched alkanes of at least 4 members (excludes halogenated alkanes) is 2. The van der Waals surface area contributed by atoms with Crippen LogP contribution in [0.1, 0.15) is 95.2 Å². The van der Waals surface area contributed by atoms with Crippen molar-refractivity contribution in [3.05, 3.63) is 95.6 Å². The third kappa shape index (κ3) is 24.3. The molecule has 0 saturated carbocycles. The molecule has 0 aliphatic heterocycles. The summed E-state index contributed by atoms with van der Waals surface area (Å²) in [5, 5.41) is 60.3. The van der Waals surface area contributed by atoms with Crippen LogP contribution in [0.2, 0.25) is 0 Å². The van der Waals surface area contributed by atoms with E-state index in [1.807, 2.05) is 0 Å². The van der Waals surface area contributed by atoms with Crippen LogP contribution < -0.4 is 65.5 Å². The van der Waals surface area contributed by atoms with E-state index in [1.165, 1.54) is 43.3 Å². The van der Waals surface area contributed by atoms with Crippen LogP contribution in [0.25, 0.3) is 0 Å². The lowest BCUT2D eigenvalue weighted by Crippen LogP contribution is -2.61. The first-order valence-corrected chi connectivity index (χ1v) is 27.3. The lowest BCUT2D eigenvalue weighted by Gasteiger charge is -2.28.